The number of methoxy groups -OCH3 is 1. The third kappa shape index (κ3) is 2.66. The number of nitrogens with zero attached hydrogens (tertiary/aromatic N) is 2. The van der Waals surface area contributed by atoms with Gasteiger partial charge >= 0.3 is 5.97 Å². The van der Waals surface area contributed by atoms with Gasteiger partial charge in [0.05, 0.1) is 13.7 Å². The average molecular weight is 344 g/mol. The van der Waals surface area contributed by atoms with Gasteiger partial charge in [0, 0.05) is 15.8 Å². The minimum atomic E-state index is -0.504. The van der Waals surface area contributed by atoms with E-state index in [0.29, 0.717) is 18.8 Å². The lowest BCUT2D eigenvalue weighted by Gasteiger charge is -2.07. The normalized spacial score (nSPS) is 10.7. The molecule has 0 unspecified atom stereocenters. The molecule has 5 nitrogen and oxygen atoms in total. The van der Waals surface area contributed by atoms with Gasteiger partial charge in [0.15, 0.2) is 5.69 Å². The number of thiophene rings is 1. The highest BCUT2D eigenvalue weighted by Gasteiger charge is 2.20. The molecule has 2 heterocycles. The Balaban J connectivity index is 2.42. The van der Waals surface area contributed by atoms with Crippen LogP contribution in [0.1, 0.15) is 28.1 Å². The number of halogens is 1. The molecule has 0 spiro atoms. The molecule has 2 aromatic heterocycles. The van der Waals surface area contributed by atoms with Crippen LogP contribution in [0.2, 0.25) is 0 Å². The van der Waals surface area contributed by atoms with Gasteiger partial charge in [-0.2, -0.15) is 0 Å². The fourth-order valence-electron chi connectivity index (χ4n) is 1.79. The quantitative estimate of drug-likeness (QED) is 0.866. The van der Waals surface area contributed by atoms with Gasteiger partial charge in [-0.25, -0.2) is 9.78 Å². The first-order valence-corrected chi connectivity index (χ1v) is 7.40. The molecule has 0 aromatic carbocycles. The van der Waals surface area contributed by atoms with E-state index < -0.39 is 5.97 Å². The summed E-state index contributed by atoms with van der Waals surface area (Å²) in [6.07, 6.45) is 0.699. The van der Waals surface area contributed by atoms with E-state index >= 15 is 0 Å². The zero-order valence-corrected chi connectivity index (χ0v) is 13.0. The van der Waals surface area contributed by atoms with Crippen LogP contribution in [-0.2, 0) is 17.7 Å². The molecule has 102 valence electrons. The molecule has 0 aliphatic rings. The number of aromatic nitrogens is 2. The molecule has 0 radical (unpaired) electrons. The molecule has 2 aromatic rings. The number of hydrogen-bond acceptors (Lipinski definition) is 5. The van der Waals surface area contributed by atoms with Crippen molar-refractivity contribution in [1.82, 2.24) is 9.55 Å². The van der Waals surface area contributed by atoms with Crippen molar-refractivity contribution in [2.75, 3.05) is 12.8 Å². The second-order valence-corrected chi connectivity index (χ2v) is 5.74. The Hall–Kier alpha value is -1.34. The van der Waals surface area contributed by atoms with E-state index in [4.69, 9.17) is 5.73 Å². The molecule has 0 aliphatic heterocycles. The molecule has 0 aliphatic carbocycles. The van der Waals surface area contributed by atoms with Crippen molar-refractivity contribution in [1.29, 1.82) is 0 Å². The van der Waals surface area contributed by atoms with Crippen LogP contribution in [0.5, 0.6) is 0 Å². The molecular formula is C12H14BrN3O2S. The molecule has 0 bridgehead atoms. The molecule has 0 saturated heterocycles. The van der Waals surface area contributed by atoms with Crippen molar-refractivity contribution in [2.24, 2.45) is 0 Å². The van der Waals surface area contributed by atoms with Gasteiger partial charge in [-0.15, -0.1) is 11.3 Å². The summed E-state index contributed by atoms with van der Waals surface area (Å²) in [7, 11) is 1.32. The molecule has 2 rings (SSSR count). The SMILES string of the molecule is CCc1nc(C(=O)OC)c(N)n1Cc1sccc1Br. The fourth-order valence-corrected chi connectivity index (χ4v) is 3.25. The predicted molar refractivity (Wildman–Crippen MR) is 78.5 cm³/mol. The Bertz CT molecular complexity index is 606. The van der Waals surface area contributed by atoms with Gasteiger partial charge in [-0.1, -0.05) is 6.92 Å². The third-order valence-corrected chi connectivity index (χ3v) is 4.68. The number of rotatable bonds is 4. The molecule has 19 heavy (non-hydrogen) atoms. The second-order valence-electron chi connectivity index (χ2n) is 3.88. The van der Waals surface area contributed by atoms with Crippen molar-refractivity contribution in [3.8, 4) is 0 Å². The highest BCUT2D eigenvalue weighted by Crippen LogP contribution is 2.26. The van der Waals surface area contributed by atoms with Gasteiger partial charge in [0.25, 0.3) is 0 Å². The Morgan fingerprint density at radius 2 is 2.37 bits per heavy atom. The molecule has 0 fully saturated rings. The number of hydrogen-bond donors (Lipinski definition) is 1. The number of imidazole rings is 1. The maximum Gasteiger partial charge on any atom is 0.360 e. The van der Waals surface area contributed by atoms with E-state index in [9.17, 15) is 4.79 Å². The Labute approximate surface area is 123 Å². The highest BCUT2D eigenvalue weighted by atomic mass is 79.9. The molecule has 0 amide bonds. The van der Waals surface area contributed by atoms with E-state index in [2.05, 4.69) is 25.7 Å². The van der Waals surface area contributed by atoms with Crippen LogP contribution in [0.3, 0.4) is 0 Å². The summed E-state index contributed by atoms with van der Waals surface area (Å²) < 4.78 is 7.57. The van der Waals surface area contributed by atoms with Crippen molar-refractivity contribution < 1.29 is 9.53 Å². The maximum absolute atomic E-state index is 11.6. The van der Waals surface area contributed by atoms with E-state index in [1.54, 1.807) is 11.3 Å². The summed E-state index contributed by atoms with van der Waals surface area (Å²) in [4.78, 5) is 17.0. The lowest BCUT2D eigenvalue weighted by Crippen LogP contribution is -2.09. The van der Waals surface area contributed by atoms with Gasteiger partial charge in [-0.3, -0.25) is 0 Å². The van der Waals surface area contributed by atoms with Crippen LogP contribution < -0.4 is 5.73 Å². The molecular weight excluding hydrogens is 330 g/mol. The van der Waals surface area contributed by atoms with Gasteiger partial charge in [0.1, 0.15) is 11.6 Å². The van der Waals surface area contributed by atoms with Crippen molar-refractivity contribution in [3.05, 3.63) is 32.3 Å². The van der Waals surface area contributed by atoms with Crippen molar-refractivity contribution in [2.45, 2.75) is 19.9 Å². The lowest BCUT2D eigenvalue weighted by atomic mass is 10.4. The zero-order valence-electron chi connectivity index (χ0n) is 10.6. The van der Waals surface area contributed by atoms with Gasteiger partial charge in [-0.05, 0) is 27.4 Å². The number of nitrogens with two attached hydrogens (primary N) is 1. The number of nitrogen functional groups attached to an aromatic ring is 1. The largest absolute Gasteiger partial charge is 0.464 e. The van der Waals surface area contributed by atoms with Crippen molar-refractivity contribution in [3.63, 3.8) is 0 Å². The fraction of sp³-hybridized carbons (Fsp3) is 0.333. The Morgan fingerprint density at radius 1 is 1.63 bits per heavy atom. The lowest BCUT2D eigenvalue weighted by molar-refractivity contribution is 0.0595. The summed E-state index contributed by atoms with van der Waals surface area (Å²) in [5.74, 6) is 0.624. The molecule has 2 N–H and O–H groups in total. The predicted octanol–water partition coefficient (Wildman–Crippen LogP) is 2.69. The smallest absolute Gasteiger partial charge is 0.360 e. The summed E-state index contributed by atoms with van der Waals surface area (Å²) in [6.45, 7) is 2.57. The zero-order chi connectivity index (χ0) is 14.0. The van der Waals surface area contributed by atoms with E-state index in [-0.39, 0.29) is 5.69 Å². The van der Waals surface area contributed by atoms with Crippen LogP contribution in [0.4, 0.5) is 5.82 Å². The monoisotopic (exact) mass is 343 g/mol. The standard InChI is InChI=1S/C12H14BrN3O2S/c1-3-9-15-10(12(17)18-2)11(14)16(9)6-8-7(13)4-5-19-8/h4-5H,3,6,14H2,1-2H3. The van der Waals surface area contributed by atoms with Crippen molar-refractivity contribution >= 4 is 39.1 Å². The van der Waals surface area contributed by atoms with E-state index in [0.717, 1.165) is 15.2 Å². The third-order valence-electron chi connectivity index (χ3n) is 2.77. The molecule has 7 heteroatoms. The molecule has 0 atom stereocenters. The van der Waals surface area contributed by atoms with Crippen LogP contribution in [0, 0.1) is 0 Å². The van der Waals surface area contributed by atoms with Crippen LogP contribution in [0.25, 0.3) is 0 Å². The van der Waals surface area contributed by atoms with E-state index in [1.807, 2.05) is 22.9 Å². The minimum absolute atomic E-state index is 0.187. The summed E-state index contributed by atoms with van der Waals surface area (Å²) >= 11 is 5.12. The van der Waals surface area contributed by atoms with Crippen LogP contribution in [-0.4, -0.2) is 22.6 Å². The highest BCUT2D eigenvalue weighted by molar-refractivity contribution is 9.10. The Kier molecular flexibility index (Phi) is 4.26. The minimum Gasteiger partial charge on any atom is -0.464 e. The number of ether oxygens (including phenoxy) is 1. The number of anilines is 1. The van der Waals surface area contributed by atoms with E-state index in [1.165, 1.54) is 7.11 Å². The van der Waals surface area contributed by atoms with Gasteiger partial charge in [0.2, 0.25) is 0 Å². The average Bonchev–Trinajstić information content (AvgIpc) is 2.95. The summed E-state index contributed by atoms with van der Waals surface area (Å²) in [5.41, 5.74) is 6.20. The number of carbonyl (C=O) groups is 1. The maximum atomic E-state index is 11.6. The summed E-state index contributed by atoms with van der Waals surface area (Å²) in [6, 6.07) is 1.99. The summed E-state index contributed by atoms with van der Waals surface area (Å²) in [5, 5.41) is 2.00. The number of esters is 1. The second kappa shape index (κ2) is 5.75. The topological polar surface area (TPSA) is 70.1 Å². The number of carbonyl (C=O) groups excluding carboxylic acids is 1. The van der Waals surface area contributed by atoms with Gasteiger partial charge < -0.3 is 15.0 Å². The molecule has 0 saturated carbocycles. The Morgan fingerprint density at radius 3 is 2.89 bits per heavy atom. The first-order valence-electron chi connectivity index (χ1n) is 5.73. The number of aryl methyl sites for hydroxylation is 1. The van der Waals surface area contributed by atoms with Crippen LogP contribution in [0.15, 0.2) is 15.9 Å². The first-order chi connectivity index (χ1) is 9.08. The first kappa shape index (κ1) is 14.1. The van der Waals surface area contributed by atoms with Crippen LogP contribution >= 0.6 is 27.3 Å².